The number of aromatic nitrogens is 5. The highest BCUT2D eigenvalue weighted by molar-refractivity contribution is 6.31. The number of amides is 1. The largest absolute Gasteiger partial charge is 0.305 e. The Balaban J connectivity index is 1.42. The first-order valence-corrected chi connectivity index (χ1v) is 11.1. The first-order valence-electron chi connectivity index (χ1n) is 10.7. The van der Waals surface area contributed by atoms with Gasteiger partial charge < -0.3 is 5.32 Å². The van der Waals surface area contributed by atoms with Gasteiger partial charge in [-0.2, -0.15) is 10.2 Å². The molecular formula is C25H20ClFN6O. The third kappa shape index (κ3) is 4.40. The topological polar surface area (TPSA) is 77.6 Å². The molecule has 0 saturated carbocycles. The number of halogens is 2. The average Bonchev–Trinajstić information content (AvgIpc) is 3.49. The van der Waals surface area contributed by atoms with Crippen molar-refractivity contribution in [2.24, 2.45) is 0 Å². The number of nitrogens with zero attached hydrogens (tertiary/aromatic N) is 5. The van der Waals surface area contributed by atoms with E-state index in [9.17, 15) is 9.18 Å². The normalized spacial score (nSPS) is 11.1. The number of hydrogen-bond donors (Lipinski definition) is 1. The van der Waals surface area contributed by atoms with Gasteiger partial charge in [-0.05, 0) is 36.8 Å². The van der Waals surface area contributed by atoms with Gasteiger partial charge in [0, 0.05) is 41.0 Å². The molecule has 0 atom stereocenters. The van der Waals surface area contributed by atoms with Gasteiger partial charge in [-0.1, -0.05) is 35.9 Å². The van der Waals surface area contributed by atoms with Crippen molar-refractivity contribution >= 4 is 34.2 Å². The van der Waals surface area contributed by atoms with Crippen LogP contribution in [0.4, 0.5) is 10.2 Å². The van der Waals surface area contributed by atoms with E-state index in [-0.39, 0.29) is 5.91 Å². The van der Waals surface area contributed by atoms with Crippen LogP contribution in [0.1, 0.15) is 22.8 Å². The third-order valence-electron chi connectivity index (χ3n) is 5.44. The molecule has 0 aliphatic rings. The predicted octanol–water partition coefficient (Wildman–Crippen LogP) is 5.41. The van der Waals surface area contributed by atoms with E-state index < -0.39 is 5.82 Å². The highest BCUT2D eigenvalue weighted by Gasteiger charge is 2.16. The molecule has 3 heterocycles. The quantitative estimate of drug-likeness (QED) is 0.357. The smallest absolute Gasteiger partial charge is 0.257 e. The van der Waals surface area contributed by atoms with Crippen LogP contribution in [-0.2, 0) is 13.1 Å². The van der Waals surface area contributed by atoms with E-state index in [0.29, 0.717) is 34.2 Å². The third-order valence-corrected chi connectivity index (χ3v) is 5.80. The first-order chi connectivity index (χ1) is 16.5. The Hall–Kier alpha value is -4.04. The number of nitrogens with one attached hydrogen (secondary N) is 1. The lowest BCUT2D eigenvalue weighted by atomic mass is 10.0. The molecule has 0 saturated heterocycles. The number of benzene rings is 2. The van der Waals surface area contributed by atoms with Crippen LogP contribution in [0.15, 0.2) is 73.2 Å². The maximum absolute atomic E-state index is 13.3. The molecule has 0 aliphatic heterocycles. The summed E-state index contributed by atoms with van der Waals surface area (Å²) in [6, 6.07) is 15.2. The van der Waals surface area contributed by atoms with Crippen molar-refractivity contribution in [2.45, 2.75) is 20.0 Å². The van der Waals surface area contributed by atoms with E-state index in [1.807, 2.05) is 42.1 Å². The van der Waals surface area contributed by atoms with Gasteiger partial charge in [0.15, 0.2) is 5.82 Å². The zero-order chi connectivity index (χ0) is 23.7. The van der Waals surface area contributed by atoms with Gasteiger partial charge in [-0.3, -0.25) is 14.2 Å². The fraction of sp³-hybridized carbons (Fsp3) is 0.120. The molecule has 1 N–H and O–H groups in total. The van der Waals surface area contributed by atoms with Crippen LogP contribution >= 0.6 is 11.6 Å². The van der Waals surface area contributed by atoms with Gasteiger partial charge >= 0.3 is 0 Å². The number of carbonyl (C=O) groups excluding carboxylic acids is 1. The van der Waals surface area contributed by atoms with Crippen molar-refractivity contribution in [3.05, 3.63) is 95.2 Å². The van der Waals surface area contributed by atoms with E-state index >= 15 is 0 Å². The van der Waals surface area contributed by atoms with Crippen LogP contribution in [0.5, 0.6) is 0 Å². The molecule has 0 unspecified atom stereocenters. The SMILES string of the molecule is CCn1cc(-c2cc(C(=O)Nc3ccn(Cc4ccc(F)cc4Cl)n3)c3ccccc3n2)cn1. The second-order valence-electron chi connectivity index (χ2n) is 7.75. The summed E-state index contributed by atoms with van der Waals surface area (Å²) in [5.41, 5.74) is 3.43. The Kier molecular flexibility index (Phi) is 5.81. The molecule has 9 heteroatoms. The van der Waals surface area contributed by atoms with E-state index in [4.69, 9.17) is 16.6 Å². The summed E-state index contributed by atoms with van der Waals surface area (Å²) in [5.74, 6) is -0.301. The summed E-state index contributed by atoms with van der Waals surface area (Å²) >= 11 is 6.12. The van der Waals surface area contributed by atoms with Gasteiger partial charge in [-0.25, -0.2) is 9.37 Å². The molecule has 2 aromatic carbocycles. The van der Waals surface area contributed by atoms with Crippen LogP contribution in [0.25, 0.3) is 22.2 Å². The lowest BCUT2D eigenvalue weighted by Crippen LogP contribution is -2.14. The predicted molar refractivity (Wildman–Crippen MR) is 129 cm³/mol. The van der Waals surface area contributed by atoms with Gasteiger partial charge in [-0.15, -0.1) is 0 Å². The Morgan fingerprint density at radius 2 is 1.97 bits per heavy atom. The highest BCUT2D eigenvalue weighted by Crippen LogP contribution is 2.25. The minimum atomic E-state index is -0.395. The molecule has 1 amide bonds. The molecule has 0 aliphatic carbocycles. The standard InChI is InChI=1S/C25H20ClFN6O/c1-2-32-15-17(13-28-32)23-12-20(19-5-3-4-6-22(19)29-23)25(34)30-24-9-10-33(31-24)14-16-7-8-18(27)11-21(16)26/h3-13,15H,2,14H2,1H3,(H,30,31,34). The van der Waals surface area contributed by atoms with Crippen molar-refractivity contribution in [2.75, 3.05) is 5.32 Å². The number of fused-ring (bicyclic) bond motifs is 1. The molecule has 7 nitrogen and oxygen atoms in total. The summed E-state index contributed by atoms with van der Waals surface area (Å²) in [4.78, 5) is 18.0. The molecule has 0 spiro atoms. The molecule has 5 rings (SSSR count). The minimum absolute atomic E-state index is 0.298. The lowest BCUT2D eigenvalue weighted by molar-refractivity contribution is 0.102. The van der Waals surface area contributed by atoms with Crippen LogP contribution in [0.3, 0.4) is 0 Å². The van der Waals surface area contributed by atoms with Crippen LogP contribution in [0.2, 0.25) is 5.02 Å². The van der Waals surface area contributed by atoms with Crippen LogP contribution in [-0.4, -0.2) is 30.5 Å². The van der Waals surface area contributed by atoms with Crippen molar-refractivity contribution in [3.63, 3.8) is 0 Å². The second-order valence-corrected chi connectivity index (χ2v) is 8.15. The summed E-state index contributed by atoms with van der Waals surface area (Å²) in [5, 5.41) is 12.7. The number of hydrogen-bond acceptors (Lipinski definition) is 4. The molecule has 3 aromatic heterocycles. The summed E-state index contributed by atoms with van der Waals surface area (Å²) in [6.45, 7) is 3.10. The van der Waals surface area contributed by atoms with E-state index in [2.05, 4.69) is 15.5 Å². The van der Waals surface area contributed by atoms with Gasteiger partial charge in [0.05, 0.1) is 29.5 Å². The number of pyridine rings is 1. The molecular weight excluding hydrogens is 455 g/mol. The number of carbonyl (C=O) groups is 1. The average molecular weight is 475 g/mol. The number of anilines is 1. The number of para-hydroxylation sites is 1. The van der Waals surface area contributed by atoms with Crippen molar-refractivity contribution in [3.8, 4) is 11.3 Å². The van der Waals surface area contributed by atoms with E-state index in [1.54, 1.807) is 35.3 Å². The molecule has 5 aromatic rings. The van der Waals surface area contributed by atoms with E-state index in [1.165, 1.54) is 12.1 Å². The van der Waals surface area contributed by atoms with Gasteiger partial charge in [0.25, 0.3) is 5.91 Å². The summed E-state index contributed by atoms with van der Waals surface area (Å²) in [7, 11) is 0. The fourth-order valence-electron chi connectivity index (χ4n) is 3.70. The molecule has 0 bridgehead atoms. The lowest BCUT2D eigenvalue weighted by Gasteiger charge is -2.09. The van der Waals surface area contributed by atoms with Gasteiger partial charge in [0.2, 0.25) is 0 Å². The highest BCUT2D eigenvalue weighted by atomic mass is 35.5. The summed E-state index contributed by atoms with van der Waals surface area (Å²) < 4.78 is 16.7. The number of rotatable bonds is 6. The fourth-order valence-corrected chi connectivity index (χ4v) is 3.93. The Morgan fingerprint density at radius 1 is 1.12 bits per heavy atom. The molecule has 170 valence electrons. The monoisotopic (exact) mass is 474 g/mol. The minimum Gasteiger partial charge on any atom is -0.305 e. The van der Waals surface area contributed by atoms with E-state index in [0.717, 1.165) is 23.1 Å². The maximum Gasteiger partial charge on any atom is 0.257 e. The Bertz CT molecular complexity index is 1510. The maximum atomic E-state index is 13.3. The Labute approximate surface area is 199 Å². The van der Waals surface area contributed by atoms with Crippen LogP contribution in [0, 0.1) is 5.82 Å². The number of aryl methyl sites for hydroxylation is 1. The summed E-state index contributed by atoms with van der Waals surface area (Å²) in [6.07, 6.45) is 5.37. The first kappa shape index (κ1) is 21.8. The second kappa shape index (κ2) is 9.07. The van der Waals surface area contributed by atoms with Crippen molar-refractivity contribution in [1.29, 1.82) is 0 Å². The van der Waals surface area contributed by atoms with Crippen LogP contribution < -0.4 is 5.32 Å². The zero-order valence-electron chi connectivity index (χ0n) is 18.2. The van der Waals surface area contributed by atoms with Crippen molar-refractivity contribution < 1.29 is 9.18 Å². The molecule has 34 heavy (non-hydrogen) atoms. The molecule has 0 fully saturated rings. The van der Waals surface area contributed by atoms with Crippen molar-refractivity contribution in [1.82, 2.24) is 24.5 Å². The zero-order valence-corrected chi connectivity index (χ0v) is 19.0. The Morgan fingerprint density at radius 3 is 2.76 bits per heavy atom. The van der Waals surface area contributed by atoms with Gasteiger partial charge in [0.1, 0.15) is 5.82 Å². The molecule has 0 radical (unpaired) electrons.